The van der Waals surface area contributed by atoms with E-state index >= 15 is 0 Å². The molecular weight excluding hydrogens is 392 g/mol. The Balaban J connectivity index is 1.13. The molecule has 1 aliphatic carbocycles. The number of piperidine rings is 2. The van der Waals surface area contributed by atoms with Crippen molar-refractivity contribution in [1.82, 2.24) is 20.0 Å². The van der Waals surface area contributed by atoms with Gasteiger partial charge in [0.05, 0.1) is 17.6 Å². The van der Waals surface area contributed by atoms with Crippen LogP contribution in [0.3, 0.4) is 0 Å². The Morgan fingerprint density at radius 2 is 1.58 bits per heavy atom. The van der Waals surface area contributed by atoms with E-state index in [0.717, 1.165) is 64.7 Å². The van der Waals surface area contributed by atoms with Gasteiger partial charge in [-0.3, -0.25) is 4.79 Å². The van der Waals surface area contributed by atoms with Crippen LogP contribution in [0.4, 0.5) is 4.79 Å². The van der Waals surface area contributed by atoms with Gasteiger partial charge in [0, 0.05) is 38.3 Å². The number of amides is 3. The number of hydrogen-bond acceptors (Lipinski definition) is 4. The van der Waals surface area contributed by atoms with Crippen LogP contribution in [0.1, 0.15) is 61.7 Å². The number of phenolic OH excluding ortho intramolecular Hbond substituents is 1. The number of carbonyl (C=O) groups is 2. The summed E-state index contributed by atoms with van der Waals surface area (Å²) < 4.78 is 0. The first-order valence-electron chi connectivity index (χ1n) is 12.0. The maximum atomic E-state index is 12.7. The zero-order chi connectivity index (χ0) is 21.4. The molecule has 3 aliphatic heterocycles. The van der Waals surface area contributed by atoms with Crippen LogP contribution in [0, 0.1) is 0 Å². The van der Waals surface area contributed by atoms with Crippen LogP contribution in [0.2, 0.25) is 0 Å². The number of para-hydroxylation sites is 1. The van der Waals surface area contributed by atoms with Gasteiger partial charge in [0.1, 0.15) is 5.75 Å². The summed E-state index contributed by atoms with van der Waals surface area (Å²) in [7, 11) is 0. The van der Waals surface area contributed by atoms with Gasteiger partial charge in [-0.1, -0.05) is 25.0 Å². The number of rotatable bonds is 3. The van der Waals surface area contributed by atoms with Crippen molar-refractivity contribution in [3.8, 4) is 5.75 Å². The Hall–Kier alpha value is -2.28. The van der Waals surface area contributed by atoms with Crippen LogP contribution in [0.5, 0.6) is 5.75 Å². The van der Waals surface area contributed by atoms with Gasteiger partial charge in [0.25, 0.3) is 5.91 Å². The van der Waals surface area contributed by atoms with Crippen LogP contribution in [0.25, 0.3) is 0 Å². The highest BCUT2D eigenvalue weighted by molar-refractivity contribution is 5.96. The van der Waals surface area contributed by atoms with Crippen molar-refractivity contribution in [2.24, 2.45) is 0 Å². The van der Waals surface area contributed by atoms with Crippen LogP contribution >= 0.6 is 0 Å². The molecule has 1 aromatic rings. The monoisotopic (exact) mass is 426 g/mol. The van der Waals surface area contributed by atoms with Gasteiger partial charge in [0.2, 0.25) is 0 Å². The first-order valence-corrected chi connectivity index (χ1v) is 12.0. The van der Waals surface area contributed by atoms with Crippen LogP contribution in [0.15, 0.2) is 24.3 Å². The number of aromatic hydroxyl groups is 1. The molecule has 4 fully saturated rings. The summed E-state index contributed by atoms with van der Waals surface area (Å²) >= 11 is 0. The van der Waals surface area contributed by atoms with E-state index < -0.39 is 0 Å². The van der Waals surface area contributed by atoms with Gasteiger partial charge in [-0.15, -0.1) is 0 Å². The predicted octanol–water partition coefficient (Wildman–Crippen LogP) is 2.80. The van der Waals surface area contributed by atoms with Crippen molar-refractivity contribution in [2.75, 3.05) is 26.2 Å². The van der Waals surface area contributed by atoms with E-state index in [0.29, 0.717) is 29.7 Å². The number of phenols is 1. The lowest BCUT2D eigenvalue weighted by molar-refractivity contribution is 0.0470. The number of nitrogens with one attached hydrogen (secondary N) is 1. The minimum absolute atomic E-state index is 0.0582. The van der Waals surface area contributed by atoms with Gasteiger partial charge >= 0.3 is 6.03 Å². The zero-order valence-electron chi connectivity index (χ0n) is 18.2. The van der Waals surface area contributed by atoms with Crippen molar-refractivity contribution in [3.05, 3.63) is 29.8 Å². The summed E-state index contributed by atoms with van der Waals surface area (Å²) in [6, 6.07) is 8.59. The second kappa shape index (κ2) is 8.69. The number of fused-ring (bicyclic) bond motifs is 1. The van der Waals surface area contributed by atoms with Crippen molar-refractivity contribution >= 4 is 11.9 Å². The normalized spacial score (nSPS) is 28.5. The summed E-state index contributed by atoms with van der Waals surface area (Å²) in [5.74, 6) is -0.0137. The summed E-state index contributed by atoms with van der Waals surface area (Å²) in [4.78, 5) is 32.0. The number of benzene rings is 1. The van der Waals surface area contributed by atoms with Crippen molar-refractivity contribution in [1.29, 1.82) is 0 Å². The molecule has 168 valence electrons. The molecule has 3 heterocycles. The average molecular weight is 427 g/mol. The van der Waals surface area contributed by atoms with Crippen LogP contribution in [-0.4, -0.2) is 82.1 Å². The highest BCUT2D eigenvalue weighted by Crippen LogP contribution is 2.33. The average Bonchev–Trinajstić information content (AvgIpc) is 3.15. The maximum absolute atomic E-state index is 12.7. The molecule has 0 radical (unpaired) electrons. The first kappa shape index (κ1) is 20.6. The summed E-state index contributed by atoms with van der Waals surface area (Å²) in [6.07, 6.45) is 8.79. The molecule has 0 spiro atoms. The van der Waals surface area contributed by atoms with Gasteiger partial charge in [0.15, 0.2) is 0 Å². The third-order valence-electron chi connectivity index (χ3n) is 7.93. The van der Waals surface area contributed by atoms with E-state index in [2.05, 4.69) is 15.1 Å². The first-order chi connectivity index (χ1) is 15.1. The lowest BCUT2D eigenvalue weighted by Gasteiger charge is -2.44. The molecule has 1 unspecified atom stereocenters. The molecule has 7 nitrogen and oxygen atoms in total. The molecule has 0 aromatic heterocycles. The molecule has 2 atom stereocenters. The smallest absolute Gasteiger partial charge is 0.318 e. The molecule has 7 heteroatoms. The molecule has 1 aromatic carbocycles. The van der Waals surface area contributed by atoms with E-state index in [1.807, 2.05) is 4.90 Å². The second-order valence-electron chi connectivity index (χ2n) is 9.62. The van der Waals surface area contributed by atoms with Crippen molar-refractivity contribution in [2.45, 2.75) is 75.5 Å². The summed E-state index contributed by atoms with van der Waals surface area (Å²) in [6.45, 7) is 3.53. The number of hydrogen-bond donors (Lipinski definition) is 2. The van der Waals surface area contributed by atoms with Crippen LogP contribution < -0.4 is 5.32 Å². The quantitative estimate of drug-likeness (QED) is 0.779. The van der Waals surface area contributed by atoms with E-state index in [9.17, 15) is 14.7 Å². The van der Waals surface area contributed by atoms with E-state index in [-0.39, 0.29) is 17.7 Å². The fraction of sp³-hybridized carbons (Fsp3) is 0.667. The third-order valence-corrected chi connectivity index (χ3v) is 7.93. The fourth-order valence-electron chi connectivity index (χ4n) is 6.22. The van der Waals surface area contributed by atoms with E-state index in [1.54, 1.807) is 24.3 Å². The minimum Gasteiger partial charge on any atom is -0.507 e. The largest absolute Gasteiger partial charge is 0.507 e. The Kier molecular flexibility index (Phi) is 5.78. The SMILES string of the molecule is O=C(c1ccccc1O)N1CCC(N2CCC(N3C(=O)NC4CCCC[C@H]43)CC2)CC1. The number of likely N-dealkylation sites (tertiary alicyclic amines) is 2. The van der Waals surface area contributed by atoms with Gasteiger partial charge in [-0.05, 0) is 50.7 Å². The molecular formula is C24H34N4O3. The highest BCUT2D eigenvalue weighted by atomic mass is 16.3. The fourth-order valence-corrected chi connectivity index (χ4v) is 6.22. The zero-order valence-corrected chi connectivity index (χ0v) is 18.2. The molecule has 5 rings (SSSR count). The van der Waals surface area contributed by atoms with Crippen molar-refractivity contribution in [3.63, 3.8) is 0 Å². The minimum atomic E-state index is -0.0719. The number of carbonyl (C=O) groups excluding carboxylic acids is 2. The Morgan fingerprint density at radius 1 is 0.903 bits per heavy atom. The van der Waals surface area contributed by atoms with E-state index in [4.69, 9.17) is 0 Å². The Bertz CT molecular complexity index is 815. The number of nitrogens with zero attached hydrogens (tertiary/aromatic N) is 3. The summed E-state index contributed by atoms with van der Waals surface area (Å²) in [5.41, 5.74) is 0.395. The molecule has 3 saturated heterocycles. The third kappa shape index (κ3) is 4.00. The Morgan fingerprint density at radius 3 is 2.32 bits per heavy atom. The van der Waals surface area contributed by atoms with Crippen molar-refractivity contribution < 1.29 is 14.7 Å². The molecule has 0 bridgehead atoms. The number of urea groups is 1. The van der Waals surface area contributed by atoms with Crippen LogP contribution in [-0.2, 0) is 0 Å². The predicted molar refractivity (Wildman–Crippen MR) is 118 cm³/mol. The standard InChI is InChI=1S/C24H34N4O3/c29-22-8-4-1-5-19(22)23(30)27-15-9-17(10-16-27)26-13-11-18(12-14-26)28-21-7-3-2-6-20(21)25-24(28)31/h1,4-5,8,17-18,20-21,29H,2-3,6-7,9-16H2,(H,25,31)/t20?,21-/m1/s1. The lowest BCUT2D eigenvalue weighted by atomic mass is 9.89. The Labute approximate surface area is 184 Å². The van der Waals surface area contributed by atoms with Gasteiger partial charge < -0.3 is 25.1 Å². The molecule has 1 saturated carbocycles. The van der Waals surface area contributed by atoms with Gasteiger partial charge in [-0.25, -0.2) is 4.79 Å². The molecule has 31 heavy (non-hydrogen) atoms. The topological polar surface area (TPSA) is 76.1 Å². The van der Waals surface area contributed by atoms with E-state index in [1.165, 1.54) is 12.8 Å². The lowest BCUT2D eigenvalue weighted by Crippen LogP contribution is -2.53. The summed E-state index contributed by atoms with van der Waals surface area (Å²) in [5, 5.41) is 13.2. The maximum Gasteiger partial charge on any atom is 0.318 e. The molecule has 4 aliphatic rings. The highest BCUT2D eigenvalue weighted by Gasteiger charge is 2.44. The molecule has 2 N–H and O–H groups in total. The molecule has 3 amide bonds. The second-order valence-corrected chi connectivity index (χ2v) is 9.62. The van der Waals surface area contributed by atoms with Gasteiger partial charge in [-0.2, -0.15) is 0 Å².